The second kappa shape index (κ2) is 7.86. The molecule has 8 heteroatoms. The van der Waals surface area contributed by atoms with E-state index >= 15 is 0 Å². The van der Waals surface area contributed by atoms with Crippen molar-refractivity contribution in [3.63, 3.8) is 0 Å². The first-order valence-corrected chi connectivity index (χ1v) is 11.4. The number of ether oxygens (including phenoxy) is 2. The first kappa shape index (κ1) is 19.3. The van der Waals surface area contributed by atoms with Gasteiger partial charge in [-0.2, -0.15) is 0 Å². The van der Waals surface area contributed by atoms with E-state index < -0.39 is 0 Å². The van der Waals surface area contributed by atoms with Crippen LogP contribution >= 0.6 is 22.7 Å². The Bertz CT molecular complexity index is 1270. The van der Waals surface area contributed by atoms with E-state index in [4.69, 9.17) is 14.5 Å². The quantitative estimate of drug-likeness (QED) is 0.498. The normalized spacial score (nSPS) is 13.3. The SMILES string of the molecule is Cc1ccc(-c2csc3nc(CN(C)Cc4ccc5c(c4)OCCO5)[nH]c(=O)c23)s1. The maximum Gasteiger partial charge on any atom is 0.260 e. The molecule has 154 valence electrons. The predicted molar refractivity (Wildman–Crippen MR) is 121 cm³/mol. The number of thiophene rings is 2. The van der Waals surface area contributed by atoms with E-state index in [-0.39, 0.29) is 5.56 Å². The van der Waals surface area contributed by atoms with Crippen LogP contribution in [0.2, 0.25) is 0 Å². The molecule has 1 N–H and O–H groups in total. The van der Waals surface area contributed by atoms with Gasteiger partial charge in [0.2, 0.25) is 0 Å². The number of benzene rings is 1. The lowest BCUT2D eigenvalue weighted by atomic mass is 10.2. The van der Waals surface area contributed by atoms with Gasteiger partial charge in [-0.15, -0.1) is 22.7 Å². The third kappa shape index (κ3) is 3.74. The van der Waals surface area contributed by atoms with Crippen LogP contribution in [0.1, 0.15) is 16.3 Å². The van der Waals surface area contributed by atoms with Gasteiger partial charge in [-0.1, -0.05) is 6.07 Å². The zero-order valence-electron chi connectivity index (χ0n) is 16.7. The van der Waals surface area contributed by atoms with Crippen LogP contribution in [0.25, 0.3) is 20.7 Å². The van der Waals surface area contributed by atoms with Crippen molar-refractivity contribution in [2.24, 2.45) is 0 Å². The van der Waals surface area contributed by atoms with Crippen molar-refractivity contribution in [2.45, 2.75) is 20.0 Å². The number of rotatable bonds is 5. The Hall–Kier alpha value is -2.68. The fourth-order valence-electron chi connectivity index (χ4n) is 3.64. The molecule has 0 radical (unpaired) electrons. The Kier molecular flexibility index (Phi) is 5.06. The molecule has 0 amide bonds. The smallest absolute Gasteiger partial charge is 0.260 e. The van der Waals surface area contributed by atoms with Crippen LogP contribution in [-0.2, 0) is 13.1 Å². The van der Waals surface area contributed by atoms with Crippen molar-refractivity contribution in [1.82, 2.24) is 14.9 Å². The van der Waals surface area contributed by atoms with E-state index in [0.717, 1.165) is 32.3 Å². The number of aromatic nitrogens is 2. The highest BCUT2D eigenvalue weighted by Crippen LogP contribution is 2.35. The Morgan fingerprint density at radius 2 is 1.97 bits per heavy atom. The van der Waals surface area contributed by atoms with E-state index in [2.05, 4.69) is 28.9 Å². The minimum Gasteiger partial charge on any atom is -0.486 e. The van der Waals surface area contributed by atoms with Gasteiger partial charge in [0.05, 0.1) is 11.9 Å². The molecule has 4 aromatic rings. The van der Waals surface area contributed by atoms with Gasteiger partial charge in [0, 0.05) is 27.2 Å². The third-order valence-corrected chi connectivity index (χ3v) is 6.88. The molecule has 1 aromatic carbocycles. The van der Waals surface area contributed by atoms with E-state index in [1.807, 2.05) is 30.6 Å². The van der Waals surface area contributed by atoms with Crippen molar-refractivity contribution in [3.05, 3.63) is 62.3 Å². The molecular formula is C22H21N3O3S2. The standard InChI is InChI=1S/C22H21N3O3S2/c1-13-3-6-18(30-13)15-12-29-22-20(15)21(26)23-19(24-22)11-25(2)10-14-4-5-16-17(9-14)28-8-7-27-16/h3-6,9,12H,7-8,10-11H2,1-2H3,(H,23,24,26). The van der Waals surface area contributed by atoms with E-state index in [9.17, 15) is 4.79 Å². The summed E-state index contributed by atoms with van der Waals surface area (Å²) in [6, 6.07) is 10.1. The van der Waals surface area contributed by atoms with Crippen LogP contribution in [0.5, 0.6) is 11.5 Å². The summed E-state index contributed by atoms with van der Waals surface area (Å²) in [6.45, 7) is 4.49. The molecule has 0 saturated heterocycles. The molecular weight excluding hydrogens is 418 g/mol. The van der Waals surface area contributed by atoms with Gasteiger partial charge in [0.1, 0.15) is 23.9 Å². The molecule has 0 spiro atoms. The molecule has 0 atom stereocenters. The molecule has 0 fully saturated rings. The van der Waals surface area contributed by atoms with Gasteiger partial charge < -0.3 is 14.5 Å². The maximum atomic E-state index is 12.8. The number of aryl methyl sites for hydroxylation is 1. The van der Waals surface area contributed by atoms with Gasteiger partial charge >= 0.3 is 0 Å². The van der Waals surface area contributed by atoms with Crippen LogP contribution in [-0.4, -0.2) is 35.1 Å². The van der Waals surface area contributed by atoms with E-state index in [1.165, 1.54) is 16.2 Å². The number of nitrogens with one attached hydrogen (secondary N) is 1. The summed E-state index contributed by atoms with van der Waals surface area (Å²) in [7, 11) is 2.01. The lowest BCUT2D eigenvalue weighted by Gasteiger charge is -2.20. The molecule has 30 heavy (non-hydrogen) atoms. The average molecular weight is 440 g/mol. The third-order valence-electron chi connectivity index (χ3n) is 4.98. The fourth-order valence-corrected chi connectivity index (χ4v) is 5.56. The topological polar surface area (TPSA) is 67.5 Å². The molecule has 1 aliphatic rings. The number of nitrogens with zero attached hydrogens (tertiary/aromatic N) is 2. The van der Waals surface area contributed by atoms with Crippen LogP contribution in [0.3, 0.4) is 0 Å². The van der Waals surface area contributed by atoms with E-state index in [1.54, 1.807) is 11.3 Å². The molecule has 0 aliphatic carbocycles. The van der Waals surface area contributed by atoms with Gasteiger partial charge in [-0.3, -0.25) is 9.69 Å². The Morgan fingerprint density at radius 3 is 2.77 bits per heavy atom. The lowest BCUT2D eigenvalue weighted by Crippen LogP contribution is -2.22. The minimum absolute atomic E-state index is 0.0787. The first-order valence-electron chi connectivity index (χ1n) is 9.71. The highest BCUT2D eigenvalue weighted by Gasteiger charge is 2.16. The summed E-state index contributed by atoms with van der Waals surface area (Å²) >= 11 is 3.21. The summed E-state index contributed by atoms with van der Waals surface area (Å²) in [5, 5.41) is 2.71. The molecule has 4 heterocycles. The van der Waals surface area contributed by atoms with Crippen LogP contribution in [0, 0.1) is 6.92 Å². The number of hydrogen-bond acceptors (Lipinski definition) is 7. The molecule has 5 rings (SSSR count). The molecule has 1 aliphatic heterocycles. The van der Waals surface area contributed by atoms with Crippen molar-refractivity contribution < 1.29 is 9.47 Å². The molecule has 0 saturated carbocycles. The number of H-pyrrole nitrogens is 1. The van der Waals surface area contributed by atoms with Crippen LogP contribution < -0.4 is 15.0 Å². The highest BCUT2D eigenvalue weighted by molar-refractivity contribution is 7.19. The molecule has 6 nitrogen and oxygen atoms in total. The first-order chi connectivity index (χ1) is 14.6. The van der Waals surface area contributed by atoms with Gasteiger partial charge in [0.25, 0.3) is 5.56 Å². The predicted octanol–water partition coefficient (Wildman–Crippen LogP) is 4.42. The lowest BCUT2D eigenvalue weighted by molar-refractivity contribution is 0.171. The Balaban J connectivity index is 1.36. The van der Waals surface area contributed by atoms with Crippen molar-refractivity contribution in [3.8, 4) is 21.9 Å². The Labute approximate surface area is 181 Å². The molecule has 0 unspecified atom stereocenters. The highest BCUT2D eigenvalue weighted by atomic mass is 32.1. The number of hydrogen-bond donors (Lipinski definition) is 1. The van der Waals surface area contributed by atoms with E-state index in [0.29, 0.717) is 37.5 Å². The summed E-state index contributed by atoms with van der Waals surface area (Å²) in [6.07, 6.45) is 0. The zero-order chi connectivity index (χ0) is 20.7. The van der Waals surface area contributed by atoms with Crippen LogP contribution in [0.15, 0.2) is 40.5 Å². The second-order valence-electron chi connectivity index (χ2n) is 7.40. The van der Waals surface area contributed by atoms with Crippen LogP contribution in [0.4, 0.5) is 0 Å². The van der Waals surface area contributed by atoms with Gasteiger partial charge in [-0.05, 0) is 43.8 Å². The second-order valence-corrected chi connectivity index (χ2v) is 9.55. The average Bonchev–Trinajstić information content (AvgIpc) is 3.34. The van der Waals surface area contributed by atoms with Crippen molar-refractivity contribution in [1.29, 1.82) is 0 Å². The fraction of sp³-hybridized carbons (Fsp3) is 0.273. The van der Waals surface area contributed by atoms with Gasteiger partial charge in [-0.25, -0.2) is 4.98 Å². The summed E-state index contributed by atoms with van der Waals surface area (Å²) in [5.41, 5.74) is 2.01. The molecule has 3 aromatic heterocycles. The monoisotopic (exact) mass is 439 g/mol. The van der Waals surface area contributed by atoms with Gasteiger partial charge in [0.15, 0.2) is 11.5 Å². The van der Waals surface area contributed by atoms with Crippen molar-refractivity contribution in [2.75, 3.05) is 20.3 Å². The van der Waals surface area contributed by atoms with Crippen molar-refractivity contribution >= 4 is 32.9 Å². The summed E-state index contributed by atoms with van der Waals surface area (Å²) in [5.74, 6) is 2.25. The summed E-state index contributed by atoms with van der Waals surface area (Å²) in [4.78, 5) is 25.8. The molecule has 0 bridgehead atoms. The Morgan fingerprint density at radius 1 is 1.13 bits per heavy atom. The zero-order valence-corrected chi connectivity index (χ0v) is 18.4. The largest absolute Gasteiger partial charge is 0.486 e. The minimum atomic E-state index is -0.0787. The number of aromatic amines is 1. The maximum absolute atomic E-state index is 12.8. The summed E-state index contributed by atoms with van der Waals surface area (Å²) < 4.78 is 11.2. The number of fused-ring (bicyclic) bond motifs is 2.